The van der Waals surface area contributed by atoms with E-state index < -0.39 is 144 Å². The van der Waals surface area contributed by atoms with Crippen molar-refractivity contribution in [3.8, 4) is 0 Å². The predicted molar refractivity (Wildman–Crippen MR) is 291 cm³/mol. The van der Waals surface area contributed by atoms with E-state index in [0.29, 0.717) is 18.7 Å². The van der Waals surface area contributed by atoms with Crippen LogP contribution in [-0.4, -0.2) is 215 Å². The fourth-order valence-electron chi connectivity index (χ4n) is 9.78. The first-order valence-corrected chi connectivity index (χ1v) is 27.4. The molecule has 432 valence electrons. The van der Waals surface area contributed by atoms with Gasteiger partial charge in [-0.05, 0) is 91.0 Å². The lowest BCUT2D eigenvalue weighted by Crippen LogP contribution is -2.58. The third-order valence-electron chi connectivity index (χ3n) is 15.1. The Kier molecular flexibility index (Phi) is 24.9. The van der Waals surface area contributed by atoms with Crippen molar-refractivity contribution in [2.24, 2.45) is 23.7 Å². The Morgan fingerprint density at radius 1 is 0.636 bits per heavy atom. The van der Waals surface area contributed by atoms with E-state index in [-0.39, 0.29) is 37.7 Å². The zero-order chi connectivity index (χ0) is 58.4. The van der Waals surface area contributed by atoms with Crippen LogP contribution >= 0.6 is 0 Å². The summed E-state index contributed by atoms with van der Waals surface area (Å²) in [6.45, 7) is 17.1. The predicted octanol–water partition coefficient (Wildman–Crippen LogP) is 3.20. The van der Waals surface area contributed by atoms with Crippen LogP contribution in [0.15, 0.2) is 30.3 Å². The number of aliphatic hydroxyl groups is 1. The monoisotopic (exact) mass is 1080 g/mol. The highest BCUT2D eigenvalue weighted by molar-refractivity contribution is 5.99. The van der Waals surface area contributed by atoms with Gasteiger partial charge in [0.05, 0.1) is 42.7 Å². The van der Waals surface area contributed by atoms with Crippen LogP contribution < -0.4 is 5.32 Å². The summed E-state index contributed by atoms with van der Waals surface area (Å²) in [5.74, 6) is -8.96. The third-order valence-corrected chi connectivity index (χ3v) is 15.1. The Morgan fingerprint density at radius 2 is 1.17 bits per heavy atom. The lowest BCUT2D eigenvalue weighted by Gasteiger charge is -2.38. The molecule has 1 aromatic carbocycles. The lowest BCUT2D eigenvalue weighted by atomic mass is 9.89. The number of ketones is 2. The number of benzene rings is 1. The number of nitrogens with one attached hydrogen (secondary N) is 1. The molecule has 2 aliphatic heterocycles. The van der Waals surface area contributed by atoms with Gasteiger partial charge in [-0.15, -0.1) is 0 Å². The van der Waals surface area contributed by atoms with Crippen molar-refractivity contribution in [1.29, 1.82) is 0 Å². The molecule has 0 aliphatic carbocycles. The minimum absolute atomic E-state index is 0.0266. The number of hydrogen-bond donors (Lipinski definition) is 2. The van der Waals surface area contributed by atoms with Gasteiger partial charge in [-0.3, -0.25) is 47.9 Å². The summed E-state index contributed by atoms with van der Waals surface area (Å²) < 4.78 is 6.06. The first kappa shape index (κ1) is 65.5. The Balaban J connectivity index is 2.25. The summed E-state index contributed by atoms with van der Waals surface area (Å²) >= 11 is 0. The average molecular weight is 1080 g/mol. The number of hydrogen-bond acceptors (Lipinski definition) is 12. The number of carbonyl (C=O) groups is 10. The number of aliphatic hydroxyl groups excluding tert-OH is 1. The van der Waals surface area contributed by atoms with Crippen molar-refractivity contribution in [2.45, 2.75) is 175 Å². The highest BCUT2D eigenvalue weighted by atomic mass is 16.5. The highest BCUT2D eigenvalue weighted by Crippen LogP contribution is 2.25. The second kappa shape index (κ2) is 29.3. The van der Waals surface area contributed by atoms with Crippen LogP contribution in [-0.2, 0) is 59.1 Å². The van der Waals surface area contributed by atoms with E-state index in [0.717, 1.165) is 24.2 Å². The second-order valence-electron chi connectivity index (χ2n) is 23.4. The SMILES string of the molecule is CC(C)C[C@H]1C(=O)N[C@@H](COC(C)(C)C)C(=O)C[C@H](C(=O)N2CCCCC2)CC(=O)N(C)[C@@H](C)C(=O)N(C)[C@@H](C)C(=O)N(C)[C@@H](Cc2ccccc2)C(=O)N(C)[C@@H](CC(C)C)C(=O)C[C@@H]([C@@H](C)O)C(=O)N(C)CC(=O)N1C. The van der Waals surface area contributed by atoms with E-state index in [4.69, 9.17) is 4.74 Å². The van der Waals surface area contributed by atoms with E-state index >= 15 is 0 Å². The Morgan fingerprint density at radius 3 is 1.71 bits per heavy atom. The summed E-state index contributed by atoms with van der Waals surface area (Å²) in [6.07, 6.45) is -0.143. The fraction of sp³-hybridized carbons (Fsp3) is 0.719. The van der Waals surface area contributed by atoms with E-state index in [1.54, 1.807) is 49.9 Å². The van der Waals surface area contributed by atoms with E-state index in [1.807, 2.05) is 33.8 Å². The van der Waals surface area contributed by atoms with Crippen LogP contribution in [0.2, 0.25) is 0 Å². The standard InChI is InChI=1S/C57H92N8O12/c1-35(2)27-44-48(68)32-42(39(7)66)55(75)59(11)33-50(70)62(14)45(28-36(3)4)51(71)58-43(34-77-57(8,9)10)47(67)30-41(54(74)65-25-21-18-22-26-65)31-49(69)60(12)37(5)52(72)61(13)38(6)53(73)64(16)46(56(76)63(44)15)29-40-23-19-17-20-24-40/h17,19-20,23-24,35-39,41-46,66H,18,21-22,25-34H2,1-16H3,(H,58,71)/t37-,38-,39+,41-,42-,43-,44-,45-,46-/m0/s1. The van der Waals surface area contributed by atoms with Crippen molar-refractivity contribution in [3.63, 3.8) is 0 Å². The maximum Gasteiger partial charge on any atom is 0.246 e. The topological polar surface area (TPSA) is 235 Å². The van der Waals surface area contributed by atoms with Crippen molar-refractivity contribution in [2.75, 3.05) is 68.5 Å². The summed E-state index contributed by atoms with van der Waals surface area (Å²) in [6, 6.07) is 1.82. The van der Waals surface area contributed by atoms with Gasteiger partial charge in [-0.25, -0.2) is 0 Å². The number of piperidine rings is 1. The maximum absolute atomic E-state index is 14.9. The summed E-state index contributed by atoms with van der Waals surface area (Å²) in [4.78, 5) is 154. The molecule has 0 aromatic heterocycles. The molecule has 0 saturated carbocycles. The molecule has 20 heteroatoms. The normalized spacial score (nSPS) is 26.4. The van der Waals surface area contributed by atoms with E-state index in [9.17, 15) is 53.1 Å². The van der Waals surface area contributed by atoms with Crippen LogP contribution in [0.5, 0.6) is 0 Å². The van der Waals surface area contributed by atoms with Gasteiger partial charge >= 0.3 is 0 Å². The van der Waals surface area contributed by atoms with Gasteiger partial charge in [-0.1, -0.05) is 58.0 Å². The van der Waals surface area contributed by atoms with Crippen molar-refractivity contribution < 1.29 is 57.8 Å². The highest BCUT2D eigenvalue weighted by Gasteiger charge is 2.42. The Labute approximate surface area is 457 Å². The van der Waals surface area contributed by atoms with Gasteiger partial charge in [0.15, 0.2) is 11.6 Å². The van der Waals surface area contributed by atoms with Crippen LogP contribution in [0.4, 0.5) is 0 Å². The van der Waals surface area contributed by atoms with Crippen molar-refractivity contribution in [1.82, 2.24) is 39.6 Å². The smallest absolute Gasteiger partial charge is 0.246 e. The second-order valence-corrected chi connectivity index (χ2v) is 23.4. The van der Waals surface area contributed by atoms with Crippen molar-refractivity contribution in [3.05, 3.63) is 35.9 Å². The minimum Gasteiger partial charge on any atom is -0.393 e. The van der Waals surface area contributed by atoms with Gasteiger partial charge in [0.2, 0.25) is 47.3 Å². The molecule has 2 fully saturated rings. The van der Waals surface area contributed by atoms with Gasteiger partial charge in [0.1, 0.15) is 30.2 Å². The third kappa shape index (κ3) is 18.7. The zero-order valence-corrected chi connectivity index (χ0v) is 49.0. The van der Waals surface area contributed by atoms with Crippen LogP contribution in [0.3, 0.4) is 0 Å². The van der Waals surface area contributed by atoms with Crippen molar-refractivity contribution >= 4 is 58.8 Å². The van der Waals surface area contributed by atoms with E-state index in [1.165, 1.54) is 87.6 Å². The number of rotatable bonds is 10. The molecule has 2 saturated heterocycles. The molecular weight excluding hydrogens is 989 g/mol. The molecule has 0 unspecified atom stereocenters. The molecule has 2 N–H and O–H groups in total. The quantitative estimate of drug-likeness (QED) is 0.344. The van der Waals surface area contributed by atoms with Gasteiger partial charge in [0, 0.05) is 81.1 Å². The number of Topliss-reactive ketones (excluding diaryl/α,β-unsaturated/α-hetero) is 2. The molecule has 1 aromatic rings. The molecule has 2 heterocycles. The van der Waals surface area contributed by atoms with Gasteiger partial charge in [0.25, 0.3) is 0 Å². The largest absolute Gasteiger partial charge is 0.393 e. The Bertz CT molecular complexity index is 2230. The number of amides is 8. The summed E-state index contributed by atoms with van der Waals surface area (Å²) in [5, 5.41) is 13.9. The number of nitrogens with zero attached hydrogens (tertiary/aromatic N) is 7. The van der Waals surface area contributed by atoms with Crippen LogP contribution in [0, 0.1) is 23.7 Å². The molecule has 2 aliphatic rings. The van der Waals surface area contributed by atoms with Crippen LogP contribution in [0.1, 0.15) is 126 Å². The first-order valence-electron chi connectivity index (χ1n) is 27.4. The summed E-state index contributed by atoms with van der Waals surface area (Å²) in [5.41, 5.74) is -0.0772. The van der Waals surface area contributed by atoms with E-state index in [2.05, 4.69) is 5.32 Å². The zero-order valence-electron chi connectivity index (χ0n) is 49.0. The number of ether oxygens (including phenoxy) is 1. The molecule has 0 bridgehead atoms. The molecule has 20 nitrogen and oxygen atoms in total. The molecule has 8 amide bonds. The number of likely N-dealkylation sites (N-methyl/N-ethyl adjacent to an activating group) is 6. The van der Waals surface area contributed by atoms with Gasteiger partial charge < -0.3 is 49.5 Å². The Hall–Kier alpha value is -5.76. The molecule has 0 spiro atoms. The number of carbonyl (C=O) groups excluding carboxylic acids is 10. The molecule has 3 rings (SSSR count). The molecule has 77 heavy (non-hydrogen) atoms. The summed E-state index contributed by atoms with van der Waals surface area (Å²) in [7, 11) is 8.48. The van der Waals surface area contributed by atoms with Gasteiger partial charge in [-0.2, -0.15) is 0 Å². The minimum atomic E-state index is -1.38. The maximum atomic E-state index is 14.9. The molecule has 9 atom stereocenters. The molecular formula is C57H92N8O12. The van der Waals surface area contributed by atoms with Crippen LogP contribution in [0.25, 0.3) is 0 Å². The molecule has 0 radical (unpaired) electrons. The fourth-order valence-corrected chi connectivity index (χ4v) is 9.78. The first-order chi connectivity index (χ1) is 35.8. The lowest BCUT2D eigenvalue weighted by molar-refractivity contribution is -0.153. The average Bonchev–Trinajstić information content (AvgIpc) is 3.38. The number of likely N-dealkylation sites (tertiary alicyclic amines) is 1.